The molecule has 0 spiro atoms. The number of aromatic nitrogens is 3. The van der Waals surface area contributed by atoms with E-state index < -0.39 is 0 Å². The molecule has 0 unspecified atom stereocenters. The lowest BCUT2D eigenvalue weighted by molar-refractivity contribution is 1.16. The van der Waals surface area contributed by atoms with E-state index in [1.54, 1.807) is 0 Å². The molecule has 8 aromatic carbocycles. The van der Waals surface area contributed by atoms with E-state index >= 15 is 0 Å². The number of benzene rings is 8. The molecule has 3 aromatic heterocycles. The monoisotopic (exact) mass is 623 g/mol. The molecule has 3 nitrogen and oxygen atoms in total. The summed E-state index contributed by atoms with van der Waals surface area (Å²) < 4.78 is 7.36. The number of hydrogen-bond acceptors (Lipinski definition) is 0. The molecule has 0 bridgehead atoms. The predicted octanol–water partition coefficient (Wildman–Crippen LogP) is 12.1. The van der Waals surface area contributed by atoms with Crippen LogP contribution in [0.5, 0.6) is 0 Å². The maximum absolute atomic E-state index is 2.51. The summed E-state index contributed by atoms with van der Waals surface area (Å²) in [5.41, 5.74) is 10.8. The van der Waals surface area contributed by atoms with Crippen molar-refractivity contribution < 1.29 is 0 Å². The van der Waals surface area contributed by atoms with Gasteiger partial charge in [0.1, 0.15) is 0 Å². The first-order valence-electron chi connectivity index (χ1n) is 16.9. The van der Waals surface area contributed by atoms with Crippen LogP contribution in [0.25, 0.3) is 93.3 Å². The molecule has 11 rings (SSSR count). The van der Waals surface area contributed by atoms with Gasteiger partial charge in [0.2, 0.25) is 0 Å². The van der Waals surface area contributed by atoms with Crippen molar-refractivity contribution in [3.05, 3.63) is 176 Å². The van der Waals surface area contributed by atoms with Crippen molar-refractivity contribution in [2.24, 2.45) is 0 Å². The normalized spacial score (nSPS) is 12.1. The Morgan fingerprint density at radius 2 is 0.694 bits per heavy atom. The Balaban J connectivity index is 1.33. The summed E-state index contributed by atoms with van der Waals surface area (Å²) in [4.78, 5) is 0. The molecule has 0 radical (unpaired) electrons. The highest BCUT2D eigenvalue weighted by Crippen LogP contribution is 2.44. The molecule has 0 saturated carbocycles. The minimum absolute atomic E-state index is 1.15. The van der Waals surface area contributed by atoms with Crippen LogP contribution in [0.15, 0.2) is 176 Å². The van der Waals surface area contributed by atoms with Gasteiger partial charge < -0.3 is 13.7 Å². The standard InChI is InChI=1S/C46H29N3/c1-3-13-31(14-4-1)47-40-20-10-9-19-36(40)39-29-33(25-28-43(39)47)49-42-22-12-8-18-35(42)38-27-24-30-23-26-37-34-17-7-11-21-41(34)48(32-15-5-2-6-16-32)45(37)44(30)46(38)49/h1-29H. The number of hydrogen-bond donors (Lipinski definition) is 0. The zero-order chi connectivity index (χ0) is 32.1. The summed E-state index contributed by atoms with van der Waals surface area (Å²) in [5.74, 6) is 0. The Morgan fingerprint density at radius 1 is 0.265 bits per heavy atom. The van der Waals surface area contributed by atoms with Crippen molar-refractivity contribution in [2.75, 3.05) is 0 Å². The van der Waals surface area contributed by atoms with Crippen molar-refractivity contribution in [1.29, 1.82) is 0 Å². The third-order valence-corrected chi connectivity index (χ3v) is 10.4. The van der Waals surface area contributed by atoms with Crippen molar-refractivity contribution in [2.45, 2.75) is 0 Å². The maximum Gasteiger partial charge on any atom is 0.0640 e. The molecule has 11 aromatic rings. The van der Waals surface area contributed by atoms with Crippen molar-refractivity contribution in [1.82, 2.24) is 13.7 Å². The first kappa shape index (κ1) is 26.5. The largest absolute Gasteiger partial charge is 0.309 e. The lowest BCUT2D eigenvalue weighted by atomic mass is 10.0. The molecular formula is C46H29N3. The Kier molecular flexibility index (Phi) is 5.38. The molecule has 0 aliphatic rings. The maximum atomic E-state index is 2.51. The molecule has 0 aliphatic heterocycles. The first-order chi connectivity index (χ1) is 24.3. The van der Waals surface area contributed by atoms with E-state index in [4.69, 9.17) is 0 Å². The van der Waals surface area contributed by atoms with E-state index in [0.29, 0.717) is 0 Å². The van der Waals surface area contributed by atoms with Gasteiger partial charge in [0.25, 0.3) is 0 Å². The lowest BCUT2D eigenvalue weighted by Crippen LogP contribution is -1.98. The average molecular weight is 624 g/mol. The fourth-order valence-corrected chi connectivity index (χ4v) is 8.38. The number of fused-ring (bicyclic) bond motifs is 12. The highest BCUT2D eigenvalue weighted by atomic mass is 15.0. The van der Waals surface area contributed by atoms with Gasteiger partial charge in [-0.2, -0.15) is 0 Å². The molecule has 49 heavy (non-hydrogen) atoms. The molecular weight excluding hydrogens is 595 g/mol. The quantitative estimate of drug-likeness (QED) is 0.186. The molecule has 0 aliphatic carbocycles. The van der Waals surface area contributed by atoms with Crippen LogP contribution in [0.1, 0.15) is 0 Å². The van der Waals surface area contributed by atoms with E-state index in [9.17, 15) is 0 Å². The SMILES string of the molecule is c1ccc(-n2c3ccccc3c3cc(-n4c5ccccc5c5ccc6ccc7c8ccccc8n(-c8ccccc8)c7c6c54)ccc32)cc1. The Hall–Kier alpha value is -6.58. The van der Waals surface area contributed by atoms with Crippen LogP contribution in [-0.4, -0.2) is 13.7 Å². The molecule has 0 atom stereocenters. The van der Waals surface area contributed by atoms with Gasteiger partial charge in [0.05, 0.1) is 33.1 Å². The van der Waals surface area contributed by atoms with Gasteiger partial charge in [-0.15, -0.1) is 0 Å². The summed E-state index contributed by atoms with van der Waals surface area (Å²) in [7, 11) is 0. The van der Waals surface area contributed by atoms with Gasteiger partial charge in [0.15, 0.2) is 0 Å². The second-order valence-corrected chi connectivity index (χ2v) is 13.0. The molecule has 0 saturated heterocycles. The minimum atomic E-state index is 1.15. The van der Waals surface area contributed by atoms with E-state index in [1.807, 2.05) is 0 Å². The minimum Gasteiger partial charge on any atom is -0.309 e. The lowest BCUT2D eigenvalue weighted by Gasteiger charge is -2.14. The molecule has 228 valence electrons. The van der Waals surface area contributed by atoms with Crippen LogP contribution in [0.2, 0.25) is 0 Å². The van der Waals surface area contributed by atoms with Crippen molar-refractivity contribution in [3.8, 4) is 17.1 Å². The van der Waals surface area contributed by atoms with E-state index in [0.717, 1.165) is 11.4 Å². The van der Waals surface area contributed by atoms with Gasteiger partial charge >= 0.3 is 0 Å². The average Bonchev–Trinajstić information content (AvgIpc) is 3.81. The number of para-hydroxylation sites is 5. The Morgan fingerprint density at radius 3 is 1.27 bits per heavy atom. The zero-order valence-electron chi connectivity index (χ0n) is 26.6. The van der Waals surface area contributed by atoms with Crippen molar-refractivity contribution >= 4 is 76.2 Å². The fourth-order valence-electron chi connectivity index (χ4n) is 8.38. The third-order valence-electron chi connectivity index (χ3n) is 10.4. The third kappa shape index (κ3) is 3.62. The molecule has 3 heterocycles. The van der Waals surface area contributed by atoms with Gasteiger partial charge in [-0.25, -0.2) is 0 Å². The smallest absolute Gasteiger partial charge is 0.0640 e. The molecule has 0 amide bonds. The molecule has 3 heteroatoms. The summed E-state index contributed by atoms with van der Waals surface area (Å²) >= 11 is 0. The highest BCUT2D eigenvalue weighted by molar-refractivity contribution is 6.28. The van der Waals surface area contributed by atoms with Gasteiger partial charge in [-0.3, -0.25) is 0 Å². The zero-order valence-corrected chi connectivity index (χ0v) is 26.6. The van der Waals surface area contributed by atoms with Crippen LogP contribution in [-0.2, 0) is 0 Å². The fraction of sp³-hybridized carbons (Fsp3) is 0. The molecule has 0 fully saturated rings. The summed E-state index contributed by atoms with van der Waals surface area (Å²) in [6.07, 6.45) is 0. The van der Waals surface area contributed by atoms with E-state index in [-0.39, 0.29) is 0 Å². The van der Waals surface area contributed by atoms with Crippen LogP contribution in [0, 0.1) is 0 Å². The van der Waals surface area contributed by atoms with Crippen LogP contribution >= 0.6 is 0 Å². The predicted molar refractivity (Wildman–Crippen MR) is 207 cm³/mol. The topological polar surface area (TPSA) is 14.8 Å². The van der Waals surface area contributed by atoms with E-state index in [2.05, 4.69) is 190 Å². The van der Waals surface area contributed by atoms with Gasteiger partial charge in [-0.1, -0.05) is 115 Å². The summed E-state index contributed by atoms with van der Waals surface area (Å²) in [6.45, 7) is 0. The van der Waals surface area contributed by atoms with Crippen LogP contribution < -0.4 is 0 Å². The van der Waals surface area contributed by atoms with E-state index in [1.165, 1.54) is 81.9 Å². The second-order valence-electron chi connectivity index (χ2n) is 13.0. The van der Waals surface area contributed by atoms with Gasteiger partial charge in [-0.05, 0) is 66.0 Å². The number of rotatable bonds is 3. The second kappa shape index (κ2) is 9.96. The number of nitrogens with zero attached hydrogens (tertiary/aromatic N) is 3. The molecule has 0 N–H and O–H groups in total. The van der Waals surface area contributed by atoms with Crippen LogP contribution in [0.3, 0.4) is 0 Å². The summed E-state index contributed by atoms with van der Waals surface area (Å²) in [6, 6.07) is 64.2. The first-order valence-corrected chi connectivity index (χ1v) is 16.9. The Bertz CT molecular complexity index is 3080. The van der Waals surface area contributed by atoms with Crippen molar-refractivity contribution in [3.63, 3.8) is 0 Å². The van der Waals surface area contributed by atoms with Gasteiger partial charge in [0, 0.05) is 54.8 Å². The summed E-state index contributed by atoms with van der Waals surface area (Å²) in [5, 5.41) is 10.0. The highest BCUT2D eigenvalue weighted by Gasteiger charge is 2.22. The van der Waals surface area contributed by atoms with Crippen LogP contribution in [0.4, 0.5) is 0 Å². The Labute approximate surface area is 282 Å².